The summed E-state index contributed by atoms with van der Waals surface area (Å²) < 4.78 is 10.7. The normalized spacial score (nSPS) is 18.8. The number of ether oxygens (including phenoxy) is 2. The largest absolute Gasteiger partial charge is 0.481 e. The second-order valence-corrected chi connectivity index (χ2v) is 3.18. The summed E-state index contributed by atoms with van der Waals surface area (Å²) in [5.74, 6) is -0.754. The molecule has 0 bridgehead atoms. The zero-order valence-corrected chi connectivity index (χ0v) is 7.70. The Hall–Kier alpha value is -0.610. The lowest BCUT2D eigenvalue weighted by Crippen LogP contribution is -2.23. The average Bonchev–Trinajstić information content (AvgIpc) is 2.14. The van der Waals surface area contributed by atoms with Crippen molar-refractivity contribution in [1.82, 2.24) is 0 Å². The molecule has 1 fully saturated rings. The highest BCUT2D eigenvalue weighted by molar-refractivity contribution is 5.66. The van der Waals surface area contributed by atoms with Crippen LogP contribution in [0.4, 0.5) is 0 Å². The van der Waals surface area contributed by atoms with Crippen LogP contribution >= 0.6 is 0 Å². The van der Waals surface area contributed by atoms with Gasteiger partial charge in [-0.1, -0.05) is 0 Å². The molecule has 0 spiro atoms. The summed E-state index contributed by atoms with van der Waals surface area (Å²) in [5, 5.41) is 8.37. The van der Waals surface area contributed by atoms with Crippen LogP contribution < -0.4 is 0 Å². The Kier molecular flexibility index (Phi) is 4.78. The summed E-state index contributed by atoms with van der Waals surface area (Å²) in [4.78, 5) is 10.2. The maximum atomic E-state index is 10.2. The molecule has 0 amide bonds. The fourth-order valence-electron chi connectivity index (χ4n) is 1.32. The van der Waals surface area contributed by atoms with E-state index in [4.69, 9.17) is 14.6 Å². The molecule has 0 aliphatic carbocycles. The molecule has 1 aliphatic rings. The molecule has 13 heavy (non-hydrogen) atoms. The number of rotatable bonds is 5. The van der Waals surface area contributed by atoms with Crippen LogP contribution in [0.1, 0.15) is 25.7 Å². The lowest BCUT2D eigenvalue weighted by molar-refractivity contribution is -0.137. The van der Waals surface area contributed by atoms with Gasteiger partial charge in [-0.3, -0.25) is 4.79 Å². The van der Waals surface area contributed by atoms with Gasteiger partial charge in [-0.15, -0.1) is 0 Å². The van der Waals surface area contributed by atoms with Crippen LogP contribution in [0.3, 0.4) is 0 Å². The van der Waals surface area contributed by atoms with Crippen molar-refractivity contribution in [3.05, 3.63) is 0 Å². The van der Waals surface area contributed by atoms with Gasteiger partial charge in [0, 0.05) is 26.2 Å². The molecular formula is C9H16O4. The molecule has 1 aliphatic heterocycles. The van der Waals surface area contributed by atoms with Crippen LogP contribution in [-0.4, -0.2) is 37.0 Å². The van der Waals surface area contributed by atoms with Crippen LogP contribution in [0.15, 0.2) is 0 Å². The molecule has 0 aromatic carbocycles. The van der Waals surface area contributed by atoms with Crippen LogP contribution in [0.5, 0.6) is 0 Å². The SMILES string of the molecule is O=C(O)CCCOC1CCOCC1. The zero-order valence-electron chi connectivity index (χ0n) is 7.70. The Balaban J connectivity index is 1.95. The minimum absolute atomic E-state index is 0.198. The molecular weight excluding hydrogens is 172 g/mol. The van der Waals surface area contributed by atoms with E-state index in [1.54, 1.807) is 0 Å². The molecule has 1 N–H and O–H groups in total. The molecule has 4 heteroatoms. The van der Waals surface area contributed by atoms with E-state index in [-0.39, 0.29) is 12.5 Å². The fourth-order valence-corrected chi connectivity index (χ4v) is 1.32. The van der Waals surface area contributed by atoms with Gasteiger partial charge in [-0.25, -0.2) is 0 Å². The maximum Gasteiger partial charge on any atom is 0.303 e. The Bertz CT molecular complexity index is 152. The van der Waals surface area contributed by atoms with E-state index >= 15 is 0 Å². The third-order valence-electron chi connectivity index (χ3n) is 2.06. The van der Waals surface area contributed by atoms with Gasteiger partial charge in [0.2, 0.25) is 0 Å². The lowest BCUT2D eigenvalue weighted by Gasteiger charge is -2.22. The number of aliphatic carboxylic acids is 1. The Morgan fingerprint density at radius 2 is 2.15 bits per heavy atom. The Morgan fingerprint density at radius 3 is 2.77 bits per heavy atom. The van der Waals surface area contributed by atoms with Crippen molar-refractivity contribution in [3.63, 3.8) is 0 Å². The molecule has 0 saturated carbocycles. The molecule has 0 unspecified atom stereocenters. The minimum Gasteiger partial charge on any atom is -0.481 e. The van der Waals surface area contributed by atoms with Crippen molar-refractivity contribution in [2.45, 2.75) is 31.8 Å². The van der Waals surface area contributed by atoms with Gasteiger partial charge < -0.3 is 14.6 Å². The number of hydrogen-bond acceptors (Lipinski definition) is 3. The monoisotopic (exact) mass is 188 g/mol. The Labute approximate surface area is 77.8 Å². The first-order valence-electron chi connectivity index (χ1n) is 4.70. The van der Waals surface area contributed by atoms with Crippen LogP contribution in [0.25, 0.3) is 0 Å². The van der Waals surface area contributed by atoms with Crippen LogP contribution in [-0.2, 0) is 14.3 Å². The molecule has 0 radical (unpaired) electrons. The molecule has 4 nitrogen and oxygen atoms in total. The van der Waals surface area contributed by atoms with Crippen molar-refractivity contribution in [2.24, 2.45) is 0 Å². The van der Waals surface area contributed by atoms with Gasteiger partial charge in [0.15, 0.2) is 0 Å². The first-order valence-corrected chi connectivity index (χ1v) is 4.70. The van der Waals surface area contributed by atoms with Gasteiger partial charge >= 0.3 is 5.97 Å². The number of hydrogen-bond donors (Lipinski definition) is 1. The van der Waals surface area contributed by atoms with Crippen molar-refractivity contribution in [1.29, 1.82) is 0 Å². The van der Waals surface area contributed by atoms with Crippen molar-refractivity contribution in [3.8, 4) is 0 Å². The highest BCUT2D eigenvalue weighted by atomic mass is 16.5. The second kappa shape index (κ2) is 5.94. The third kappa shape index (κ3) is 4.85. The van der Waals surface area contributed by atoms with E-state index in [0.29, 0.717) is 13.0 Å². The van der Waals surface area contributed by atoms with Crippen LogP contribution in [0.2, 0.25) is 0 Å². The van der Waals surface area contributed by atoms with Gasteiger partial charge in [0.1, 0.15) is 0 Å². The van der Waals surface area contributed by atoms with Crippen molar-refractivity contribution in [2.75, 3.05) is 19.8 Å². The first kappa shape index (κ1) is 10.5. The molecule has 76 valence electrons. The summed E-state index contributed by atoms with van der Waals surface area (Å²) in [6.45, 7) is 2.09. The standard InChI is InChI=1S/C9H16O4/c10-9(11)2-1-5-13-8-3-6-12-7-4-8/h8H,1-7H2,(H,10,11). The summed E-state index contributed by atoms with van der Waals surface area (Å²) in [6, 6.07) is 0. The quantitative estimate of drug-likeness (QED) is 0.655. The molecule has 0 aromatic rings. The van der Waals surface area contributed by atoms with E-state index in [1.807, 2.05) is 0 Å². The number of carboxylic acids is 1. The van der Waals surface area contributed by atoms with E-state index in [9.17, 15) is 4.79 Å². The smallest absolute Gasteiger partial charge is 0.303 e. The predicted molar refractivity (Wildman–Crippen MR) is 46.7 cm³/mol. The summed E-state index contributed by atoms with van der Waals surface area (Å²) >= 11 is 0. The lowest BCUT2D eigenvalue weighted by atomic mass is 10.1. The van der Waals surface area contributed by atoms with Crippen molar-refractivity contribution < 1.29 is 19.4 Å². The van der Waals surface area contributed by atoms with Gasteiger partial charge in [-0.2, -0.15) is 0 Å². The highest BCUT2D eigenvalue weighted by Gasteiger charge is 2.13. The highest BCUT2D eigenvalue weighted by Crippen LogP contribution is 2.10. The second-order valence-electron chi connectivity index (χ2n) is 3.18. The Morgan fingerprint density at radius 1 is 1.46 bits per heavy atom. The number of carbonyl (C=O) groups is 1. The average molecular weight is 188 g/mol. The fraction of sp³-hybridized carbons (Fsp3) is 0.889. The van der Waals surface area contributed by atoms with E-state index in [0.717, 1.165) is 26.1 Å². The summed E-state index contributed by atoms with van der Waals surface area (Å²) in [6.07, 6.45) is 2.96. The summed E-state index contributed by atoms with van der Waals surface area (Å²) in [7, 11) is 0. The zero-order chi connectivity index (χ0) is 9.52. The summed E-state index contributed by atoms with van der Waals surface area (Å²) in [5.41, 5.74) is 0. The predicted octanol–water partition coefficient (Wildman–Crippen LogP) is 1.05. The van der Waals surface area contributed by atoms with Gasteiger partial charge in [0.25, 0.3) is 0 Å². The maximum absolute atomic E-state index is 10.2. The molecule has 1 rings (SSSR count). The molecule has 0 atom stereocenters. The van der Waals surface area contributed by atoms with Crippen molar-refractivity contribution >= 4 is 5.97 Å². The molecule has 1 heterocycles. The van der Waals surface area contributed by atoms with Gasteiger partial charge in [0.05, 0.1) is 6.10 Å². The van der Waals surface area contributed by atoms with E-state index in [1.165, 1.54) is 0 Å². The van der Waals surface area contributed by atoms with E-state index < -0.39 is 5.97 Å². The minimum atomic E-state index is -0.754. The topological polar surface area (TPSA) is 55.8 Å². The van der Waals surface area contributed by atoms with E-state index in [2.05, 4.69) is 0 Å². The molecule has 0 aromatic heterocycles. The van der Waals surface area contributed by atoms with Gasteiger partial charge in [-0.05, 0) is 19.3 Å². The third-order valence-corrected chi connectivity index (χ3v) is 2.06. The first-order chi connectivity index (χ1) is 6.29. The molecule has 1 saturated heterocycles. The number of carboxylic acid groups (broad SMARTS) is 1. The van der Waals surface area contributed by atoms with Crippen LogP contribution in [0, 0.1) is 0 Å².